The van der Waals surface area contributed by atoms with E-state index in [1.807, 2.05) is 19.9 Å². The van der Waals surface area contributed by atoms with Gasteiger partial charge in [-0.3, -0.25) is 14.6 Å². The first kappa shape index (κ1) is 33.3. The highest BCUT2D eigenvalue weighted by Gasteiger charge is 2.19. The highest BCUT2D eigenvalue weighted by Crippen LogP contribution is 2.32. The van der Waals surface area contributed by atoms with Crippen LogP contribution in [0.25, 0.3) is 21.9 Å². The third-order valence-electron chi connectivity index (χ3n) is 7.12. The summed E-state index contributed by atoms with van der Waals surface area (Å²) < 4.78 is 27.2. The van der Waals surface area contributed by atoms with Gasteiger partial charge in [0.1, 0.15) is 39.5 Å². The standard InChI is InChI=1S/C22H22O5.C16H11NO4/c1-3-10-25-16-12-19(26-11-4-2)17-14-18(22(24)27-20(17)13-16)21(23)15-8-6-5-7-9-15;1-20-12-5-4-10-7-13(16(19)21-14(10)8-12)15(18)11-3-2-6-17-9-11/h5-9,12-14H,3-4,10-11H2,1-2H3;2-9H,1H3. The molecule has 6 rings (SSSR count). The minimum Gasteiger partial charge on any atom is -0.497 e. The second-order valence-corrected chi connectivity index (χ2v) is 10.6. The fraction of sp³-hybridized carbons (Fsp3) is 0.184. The van der Waals surface area contributed by atoms with Crippen LogP contribution in [0.3, 0.4) is 0 Å². The third-order valence-corrected chi connectivity index (χ3v) is 7.12. The number of pyridine rings is 1. The fourth-order valence-corrected chi connectivity index (χ4v) is 4.73. The number of ether oxygens (including phenoxy) is 3. The quantitative estimate of drug-likeness (QED) is 0.107. The number of fused-ring (bicyclic) bond motifs is 2. The number of carbonyl (C=O) groups is 2. The van der Waals surface area contributed by atoms with Crippen molar-refractivity contribution in [3.8, 4) is 17.2 Å². The summed E-state index contributed by atoms with van der Waals surface area (Å²) in [6.45, 7) is 5.07. The highest BCUT2D eigenvalue weighted by molar-refractivity contribution is 6.10. The van der Waals surface area contributed by atoms with Crippen molar-refractivity contribution in [3.05, 3.63) is 140 Å². The SMILES string of the molecule is CCCOc1cc(OCCC)c2cc(C(=O)c3ccccc3)c(=O)oc2c1.COc1ccc2cc(C(=O)c3cccnc3)c(=O)oc2c1. The molecule has 0 amide bonds. The lowest BCUT2D eigenvalue weighted by molar-refractivity contribution is 0.102. The van der Waals surface area contributed by atoms with E-state index in [1.165, 1.54) is 19.4 Å². The van der Waals surface area contributed by atoms with Crippen LogP contribution in [0.4, 0.5) is 0 Å². The normalized spacial score (nSPS) is 10.6. The Bertz CT molecular complexity index is 2170. The predicted molar refractivity (Wildman–Crippen MR) is 181 cm³/mol. The van der Waals surface area contributed by atoms with Crippen LogP contribution in [-0.4, -0.2) is 36.9 Å². The van der Waals surface area contributed by atoms with Crippen LogP contribution < -0.4 is 25.5 Å². The molecule has 10 nitrogen and oxygen atoms in total. The van der Waals surface area contributed by atoms with Crippen LogP contribution in [0.1, 0.15) is 58.5 Å². The predicted octanol–water partition coefficient (Wildman–Crippen LogP) is 7.03. The molecule has 0 saturated heterocycles. The van der Waals surface area contributed by atoms with Crippen LogP contribution in [0.2, 0.25) is 0 Å². The van der Waals surface area contributed by atoms with Gasteiger partial charge in [-0.15, -0.1) is 0 Å². The zero-order valence-corrected chi connectivity index (χ0v) is 26.7. The van der Waals surface area contributed by atoms with Gasteiger partial charge in [-0.25, -0.2) is 9.59 Å². The number of benzene rings is 3. The van der Waals surface area contributed by atoms with Gasteiger partial charge in [-0.1, -0.05) is 44.2 Å². The molecule has 48 heavy (non-hydrogen) atoms. The van der Waals surface area contributed by atoms with E-state index in [1.54, 1.807) is 79.0 Å². The number of ketones is 2. The number of hydrogen-bond acceptors (Lipinski definition) is 10. The average molecular weight is 648 g/mol. The van der Waals surface area contributed by atoms with Gasteiger partial charge in [-0.2, -0.15) is 0 Å². The Labute approximate surface area is 275 Å². The lowest BCUT2D eigenvalue weighted by atomic mass is 10.0. The summed E-state index contributed by atoms with van der Waals surface area (Å²) in [5.41, 5.74) is 0.111. The first-order chi connectivity index (χ1) is 23.3. The second kappa shape index (κ2) is 15.5. The molecule has 0 radical (unpaired) electrons. The van der Waals surface area contributed by atoms with Gasteiger partial charge in [-0.05, 0) is 49.2 Å². The number of nitrogens with zero attached hydrogens (tertiary/aromatic N) is 1. The van der Waals surface area contributed by atoms with Crippen molar-refractivity contribution in [2.24, 2.45) is 0 Å². The summed E-state index contributed by atoms with van der Waals surface area (Å²) in [5, 5.41) is 1.23. The summed E-state index contributed by atoms with van der Waals surface area (Å²) in [7, 11) is 1.53. The van der Waals surface area contributed by atoms with Crippen molar-refractivity contribution in [1.29, 1.82) is 0 Å². The Kier molecular flexibility index (Phi) is 10.8. The van der Waals surface area contributed by atoms with Crippen LogP contribution in [0.5, 0.6) is 17.2 Å². The molecule has 3 aromatic heterocycles. The van der Waals surface area contributed by atoms with Crippen molar-refractivity contribution in [2.45, 2.75) is 26.7 Å². The highest BCUT2D eigenvalue weighted by atomic mass is 16.5. The summed E-state index contributed by atoms with van der Waals surface area (Å²) in [6, 6.07) is 23.5. The first-order valence-corrected chi connectivity index (χ1v) is 15.4. The Morgan fingerprint density at radius 3 is 2.02 bits per heavy atom. The average Bonchev–Trinajstić information content (AvgIpc) is 3.12. The molecular weight excluding hydrogens is 614 g/mol. The topological polar surface area (TPSA) is 135 Å². The smallest absolute Gasteiger partial charge is 0.347 e. The van der Waals surface area contributed by atoms with E-state index in [0.717, 1.165) is 12.8 Å². The molecule has 0 atom stereocenters. The maximum absolute atomic E-state index is 12.7. The van der Waals surface area contributed by atoms with E-state index in [9.17, 15) is 19.2 Å². The van der Waals surface area contributed by atoms with Crippen LogP contribution >= 0.6 is 0 Å². The van der Waals surface area contributed by atoms with Gasteiger partial charge in [0.2, 0.25) is 5.78 Å². The first-order valence-electron chi connectivity index (χ1n) is 15.4. The molecule has 3 heterocycles. The third kappa shape index (κ3) is 7.67. The fourth-order valence-electron chi connectivity index (χ4n) is 4.73. The van der Waals surface area contributed by atoms with Gasteiger partial charge in [0.15, 0.2) is 5.78 Å². The van der Waals surface area contributed by atoms with Crippen molar-refractivity contribution in [3.63, 3.8) is 0 Å². The summed E-state index contributed by atoms with van der Waals surface area (Å²) in [4.78, 5) is 53.3. The molecule has 0 spiro atoms. The number of rotatable bonds is 11. The zero-order chi connectivity index (χ0) is 34.0. The van der Waals surface area contributed by atoms with Crippen molar-refractivity contribution in [1.82, 2.24) is 4.98 Å². The van der Waals surface area contributed by atoms with Gasteiger partial charge in [0.25, 0.3) is 0 Å². The monoisotopic (exact) mass is 647 g/mol. The second-order valence-electron chi connectivity index (χ2n) is 10.6. The van der Waals surface area contributed by atoms with Gasteiger partial charge in [0.05, 0.1) is 25.7 Å². The molecule has 10 heteroatoms. The Morgan fingerprint density at radius 2 is 1.33 bits per heavy atom. The van der Waals surface area contributed by atoms with Crippen LogP contribution in [-0.2, 0) is 0 Å². The Morgan fingerprint density at radius 1 is 0.688 bits per heavy atom. The molecular formula is C38H33NO9. The summed E-state index contributed by atoms with van der Waals surface area (Å²) >= 11 is 0. The molecule has 0 unspecified atom stereocenters. The van der Waals surface area contributed by atoms with E-state index in [4.69, 9.17) is 23.0 Å². The minimum absolute atomic E-state index is 0.0133. The van der Waals surface area contributed by atoms with Crippen LogP contribution in [0, 0.1) is 0 Å². The lowest BCUT2D eigenvalue weighted by Gasteiger charge is -2.12. The van der Waals surface area contributed by atoms with E-state index < -0.39 is 17.0 Å². The summed E-state index contributed by atoms with van der Waals surface area (Å²) in [5.74, 6) is 0.901. The van der Waals surface area contributed by atoms with E-state index in [2.05, 4.69) is 4.98 Å². The number of hydrogen-bond donors (Lipinski definition) is 0. The number of carbonyl (C=O) groups excluding carboxylic acids is 2. The number of aromatic nitrogens is 1. The lowest BCUT2D eigenvalue weighted by Crippen LogP contribution is -2.15. The van der Waals surface area contributed by atoms with Crippen molar-refractivity contribution < 1.29 is 32.6 Å². The molecule has 0 aliphatic rings. The van der Waals surface area contributed by atoms with E-state index in [0.29, 0.717) is 63.5 Å². The summed E-state index contributed by atoms with van der Waals surface area (Å²) in [6.07, 6.45) is 4.66. The molecule has 0 aliphatic heterocycles. The van der Waals surface area contributed by atoms with Gasteiger partial charge < -0.3 is 23.0 Å². The molecule has 0 fully saturated rings. The molecule has 0 bridgehead atoms. The molecule has 0 saturated carbocycles. The molecule has 244 valence electrons. The number of methoxy groups -OCH3 is 1. The van der Waals surface area contributed by atoms with Crippen molar-refractivity contribution in [2.75, 3.05) is 20.3 Å². The Hall–Kier alpha value is -6.03. The zero-order valence-electron chi connectivity index (χ0n) is 26.7. The van der Waals surface area contributed by atoms with E-state index in [-0.39, 0.29) is 16.9 Å². The molecule has 6 aromatic rings. The molecule has 0 aliphatic carbocycles. The maximum Gasteiger partial charge on any atom is 0.347 e. The van der Waals surface area contributed by atoms with Gasteiger partial charge >= 0.3 is 11.3 Å². The molecule has 0 N–H and O–H groups in total. The maximum atomic E-state index is 12.7. The Balaban J connectivity index is 0.000000194. The minimum atomic E-state index is -0.676. The van der Waals surface area contributed by atoms with Crippen LogP contribution in [0.15, 0.2) is 116 Å². The van der Waals surface area contributed by atoms with Crippen molar-refractivity contribution >= 4 is 33.5 Å². The van der Waals surface area contributed by atoms with E-state index >= 15 is 0 Å². The van der Waals surface area contributed by atoms with Gasteiger partial charge in [0, 0.05) is 47.1 Å². The largest absolute Gasteiger partial charge is 0.497 e. The molecule has 3 aromatic carbocycles.